The Labute approximate surface area is 161 Å². The molecule has 1 aromatic heterocycles. The minimum Gasteiger partial charge on any atom is -0.469 e. The molecule has 0 fully saturated rings. The Balaban J connectivity index is 1.68. The van der Waals surface area contributed by atoms with Crippen molar-refractivity contribution < 1.29 is 9.53 Å². The molecular formula is C21H32N4O2. The van der Waals surface area contributed by atoms with Crippen molar-refractivity contribution in [1.82, 2.24) is 15.6 Å². The van der Waals surface area contributed by atoms with Crippen molar-refractivity contribution in [2.24, 2.45) is 4.99 Å². The first-order valence-electron chi connectivity index (χ1n) is 9.88. The Hall–Kier alpha value is -2.50. The third-order valence-electron chi connectivity index (χ3n) is 4.49. The zero-order valence-electron chi connectivity index (χ0n) is 16.5. The van der Waals surface area contributed by atoms with E-state index in [1.54, 1.807) is 0 Å². The molecule has 0 aliphatic carbocycles. The summed E-state index contributed by atoms with van der Waals surface area (Å²) in [7, 11) is 1.44. The number of fused-ring (bicyclic) bond motifs is 1. The summed E-state index contributed by atoms with van der Waals surface area (Å²) in [5, 5.41) is 7.99. The fourth-order valence-corrected chi connectivity index (χ4v) is 3.02. The highest BCUT2D eigenvalue weighted by Crippen LogP contribution is 2.17. The van der Waals surface area contributed by atoms with Gasteiger partial charge in [0.15, 0.2) is 5.96 Å². The first kappa shape index (κ1) is 20.8. The van der Waals surface area contributed by atoms with Crippen molar-refractivity contribution in [3.05, 3.63) is 36.0 Å². The summed E-state index contributed by atoms with van der Waals surface area (Å²) in [5.41, 5.74) is 2.50. The van der Waals surface area contributed by atoms with Gasteiger partial charge in [-0.2, -0.15) is 0 Å². The Bertz CT molecular complexity index is 724. The number of ether oxygens (including phenoxy) is 1. The standard InChI is InChI=1S/C21H32N4O2/c1-3-22-21(23-14-9-5-4-6-12-20(26)27-2)24-15-13-17-16-25-19-11-8-7-10-18(17)19/h7-8,10-11,16,25H,3-6,9,12-15H2,1-2H3,(H2,22,23,24). The Morgan fingerprint density at radius 3 is 2.78 bits per heavy atom. The molecule has 3 N–H and O–H groups in total. The van der Waals surface area contributed by atoms with E-state index < -0.39 is 0 Å². The quantitative estimate of drug-likeness (QED) is 0.244. The molecule has 6 nitrogen and oxygen atoms in total. The Morgan fingerprint density at radius 2 is 1.96 bits per heavy atom. The molecule has 0 aliphatic heterocycles. The molecule has 2 aromatic rings. The number of rotatable bonds is 11. The number of unbranched alkanes of at least 4 members (excludes halogenated alkanes) is 3. The lowest BCUT2D eigenvalue weighted by Gasteiger charge is -2.11. The summed E-state index contributed by atoms with van der Waals surface area (Å²) >= 11 is 0. The lowest BCUT2D eigenvalue weighted by atomic mass is 10.1. The van der Waals surface area contributed by atoms with E-state index in [1.807, 2.05) is 6.07 Å². The van der Waals surface area contributed by atoms with E-state index in [0.717, 1.165) is 57.7 Å². The normalized spacial score (nSPS) is 11.6. The van der Waals surface area contributed by atoms with Crippen LogP contribution in [0.4, 0.5) is 0 Å². The van der Waals surface area contributed by atoms with E-state index in [9.17, 15) is 4.79 Å². The molecule has 6 heteroatoms. The number of carbonyl (C=O) groups excluding carboxylic acids is 1. The van der Waals surface area contributed by atoms with Crippen LogP contribution in [-0.4, -0.2) is 43.7 Å². The number of nitrogens with zero attached hydrogens (tertiary/aromatic N) is 1. The minimum atomic E-state index is -0.123. The van der Waals surface area contributed by atoms with E-state index in [0.29, 0.717) is 6.42 Å². The number of hydrogen-bond donors (Lipinski definition) is 3. The second-order valence-electron chi connectivity index (χ2n) is 6.54. The van der Waals surface area contributed by atoms with Crippen LogP contribution in [0.3, 0.4) is 0 Å². The van der Waals surface area contributed by atoms with Crippen LogP contribution in [-0.2, 0) is 16.0 Å². The van der Waals surface area contributed by atoms with Gasteiger partial charge in [0.25, 0.3) is 0 Å². The first-order chi connectivity index (χ1) is 13.2. The number of para-hydroxylation sites is 1. The number of nitrogens with one attached hydrogen (secondary N) is 3. The second-order valence-corrected chi connectivity index (χ2v) is 6.54. The highest BCUT2D eigenvalue weighted by Gasteiger charge is 2.03. The smallest absolute Gasteiger partial charge is 0.305 e. The van der Waals surface area contributed by atoms with Crippen molar-refractivity contribution in [3.63, 3.8) is 0 Å². The van der Waals surface area contributed by atoms with Gasteiger partial charge in [-0.3, -0.25) is 9.79 Å². The van der Waals surface area contributed by atoms with Crippen LogP contribution in [0, 0.1) is 0 Å². The molecule has 148 valence electrons. The minimum absolute atomic E-state index is 0.123. The molecule has 27 heavy (non-hydrogen) atoms. The molecular weight excluding hydrogens is 340 g/mol. The van der Waals surface area contributed by atoms with Gasteiger partial charge in [-0.1, -0.05) is 31.0 Å². The van der Waals surface area contributed by atoms with E-state index >= 15 is 0 Å². The summed E-state index contributed by atoms with van der Waals surface area (Å²) in [6, 6.07) is 8.37. The maximum Gasteiger partial charge on any atom is 0.305 e. The molecule has 0 spiro atoms. The van der Waals surface area contributed by atoms with Gasteiger partial charge in [0, 0.05) is 43.2 Å². The van der Waals surface area contributed by atoms with Gasteiger partial charge < -0.3 is 20.4 Å². The molecule has 0 saturated carbocycles. The molecule has 1 heterocycles. The van der Waals surface area contributed by atoms with Crippen LogP contribution in [0.2, 0.25) is 0 Å². The number of H-pyrrole nitrogens is 1. The summed E-state index contributed by atoms with van der Waals surface area (Å²) in [5.74, 6) is 0.744. The fourth-order valence-electron chi connectivity index (χ4n) is 3.02. The zero-order valence-corrected chi connectivity index (χ0v) is 16.5. The number of hydrogen-bond acceptors (Lipinski definition) is 3. The van der Waals surface area contributed by atoms with Gasteiger partial charge >= 0.3 is 5.97 Å². The number of guanidine groups is 1. The molecule has 0 amide bonds. The van der Waals surface area contributed by atoms with Crippen molar-refractivity contribution in [2.75, 3.05) is 26.7 Å². The van der Waals surface area contributed by atoms with Crippen LogP contribution in [0.15, 0.2) is 35.5 Å². The maximum atomic E-state index is 11.1. The molecule has 1 aromatic carbocycles. The number of benzene rings is 1. The van der Waals surface area contributed by atoms with Gasteiger partial charge in [-0.15, -0.1) is 0 Å². The van der Waals surface area contributed by atoms with Crippen molar-refractivity contribution in [1.29, 1.82) is 0 Å². The van der Waals surface area contributed by atoms with Crippen LogP contribution in [0.25, 0.3) is 10.9 Å². The maximum absolute atomic E-state index is 11.1. The summed E-state index contributed by atoms with van der Waals surface area (Å²) in [6.07, 6.45) is 7.58. The molecule has 0 unspecified atom stereocenters. The van der Waals surface area contributed by atoms with Gasteiger partial charge in [-0.25, -0.2) is 0 Å². The predicted octanol–water partition coefficient (Wildman–Crippen LogP) is 3.39. The lowest BCUT2D eigenvalue weighted by molar-refractivity contribution is -0.140. The van der Waals surface area contributed by atoms with Crippen molar-refractivity contribution >= 4 is 22.8 Å². The van der Waals surface area contributed by atoms with Crippen LogP contribution < -0.4 is 10.6 Å². The van der Waals surface area contributed by atoms with Gasteiger partial charge in [0.05, 0.1) is 7.11 Å². The Kier molecular flexibility index (Phi) is 9.24. The van der Waals surface area contributed by atoms with Crippen LogP contribution in [0.1, 0.15) is 44.6 Å². The SMILES string of the molecule is CCNC(=NCCCCCCC(=O)OC)NCCc1c[nH]c2ccccc12. The van der Waals surface area contributed by atoms with E-state index in [-0.39, 0.29) is 5.97 Å². The van der Waals surface area contributed by atoms with Crippen molar-refractivity contribution in [3.8, 4) is 0 Å². The predicted molar refractivity (Wildman–Crippen MR) is 111 cm³/mol. The van der Waals surface area contributed by atoms with Gasteiger partial charge in [0.1, 0.15) is 0 Å². The number of aromatic amines is 1. The molecule has 0 aliphatic rings. The first-order valence-corrected chi connectivity index (χ1v) is 9.88. The number of aromatic nitrogens is 1. The second kappa shape index (κ2) is 12.0. The largest absolute Gasteiger partial charge is 0.469 e. The van der Waals surface area contributed by atoms with Crippen LogP contribution in [0.5, 0.6) is 0 Å². The molecule has 0 atom stereocenters. The average Bonchev–Trinajstić information content (AvgIpc) is 3.10. The number of methoxy groups -OCH3 is 1. The number of carbonyl (C=O) groups is 1. The van der Waals surface area contributed by atoms with Gasteiger partial charge in [-0.05, 0) is 37.8 Å². The summed E-state index contributed by atoms with van der Waals surface area (Å²) < 4.78 is 4.64. The Morgan fingerprint density at radius 1 is 1.15 bits per heavy atom. The summed E-state index contributed by atoms with van der Waals surface area (Å²) in [4.78, 5) is 19.0. The van der Waals surface area contributed by atoms with Gasteiger partial charge in [0.2, 0.25) is 0 Å². The van der Waals surface area contributed by atoms with Crippen molar-refractivity contribution in [2.45, 2.75) is 45.4 Å². The van der Waals surface area contributed by atoms with Crippen LogP contribution >= 0.6 is 0 Å². The number of esters is 1. The highest BCUT2D eigenvalue weighted by atomic mass is 16.5. The summed E-state index contributed by atoms with van der Waals surface area (Å²) in [6.45, 7) is 4.55. The van der Waals surface area contributed by atoms with E-state index in [1.165, 1.54) is 23.6 Å². The highest BCUT2D eigenvalue weighted by molar-refractivity contribution is 5.83. The molecule has 0 radical (unpaired) electrons. The van der Waals surface area contributed by atoms with E-state index in [4.69, 9.17) is 0 Å². The zero-order chi connectivity index (χ0) is 19.3. The monoisotopic (exact) mass is 372 g/mol. The fraction of sp³-hybridized carbons (Fsp3) is 0.524. The molecule has 0 saturated heterocycles. The average molecular weight is 373 g/mol. The third-order valence-corrected chi connectivity index (χ3v) is 4.49. The number of aliphatic imine (C=N–C) groups is 1. The van der Waals surface area contributed by atoms with E-state index in [2.05, 4.69) is 56.7 Å². The molecule has 0 bridgehead atoms. The topological polar surface area (TPSA) is 78.5 Å². The molecule has 2 rings (SSSR count). The lowest BCUT2D eigenvalue weighted by Crippen LogP contribution is -2.38. The third kappa shape index (κ3) is 7.33.